The van der Waals surface area contributed by atoms with Crippen LogP contribution in [-0.4, -0.2) is 41.9 Å². The number of ether oxygens (including phenoxy) is 1. The number of morpholine rings is 1. The molecule has 1 heterocycles. The fourth-order valence-corrected chi connectivity index (χ4v) is 0.978. The summed E-state index contributed by atoms with van der Waals surface area (Å²) in [5, 5.41) is 9.12. The minimum Gasteiger partial charge on any atom is -0.371 e. The third-order valence-corrected chi connectivity index (χ3v) is 1.51. The average molecular weight is 145 g/mol. The van der Waals surface area contributed by atoms with Gasteiger partial charge in [0.15, 0.2) is 6.23 Å². The highest BCUT2D eigenvalue weighted by molar-refractivity contribution is 5.78. The molecule has 0 aromatic heterocycles. The maximum Gasteiger partial charge on any atom is 0.250 e. The molecule has 1 atom stereocenters. The van der Waals surface area contributed by atoms with Crippen LogP contribution in [0.15, 0.2) is 0 Å². The minimum absolute atomic E-state index is 0.102. The predicted molar refractivity (Wildman–Crippen MR) is 34.2 cm³/mol. The summed E-state index contributed by atoms with van der Waals surface area (Å²) in [4.78, 5) is 12.3. The van der Waals surface area contributed by atoms with Crippen molar-refractivity contribution in [3.05, 3.63) is 0 Å². The van der Waals surface area contributed by atoms with E-state index in [1.807, 2.05) is 6.92 Å². The van der Waals surface area contributed by atoms with Gasteiger partial charge in [0.2, 0.25) is 0 Å². The second kappa shape index (κ2) is 2.98. The second-order valence-electron chi connectivity index (χ2n) is 2.18. The third kappa shape index (κ3) is 1.27. The van der Waals surface area contributed by atoms with Crippen LogP contribution >= 0.6 is 0 Å². The molecule has 0 spiro atoms. The smallest absolute Gasteiger partial charge is 0.250 e. The first-order valence-electron chi connectivity index (χ1n) is 3.31. The van der Waals surface area contributed by atoms with Crippen molar-refractivity contribution in [2.45, 2.75) is 13.2 Å². The predicted octanol–water partition coefficient (Wildman–Crippen LogP) is -0.817. The number of rotatable bonds is 1. The number of aliphatic hydroxyl groups is 1. The Kier molecular flexibility index (Phi) is 2.24. The Balaban J connectivity index is 2.53. The fourth-order valence-electron chi connectivity index (χ4n) is 0.978. The van der Waals surface area contributed by atoms with E-state index in [-0.39, 0.29) is 19.1 Å². The van der Waals surface area contributed by atoms with Gasteiger partial charge in [0.1, 0.15) is 6.61 Å². The molecule has 4 heteroatoms. The molecule has 0 saturated carbocycles. The van der Waals surface area contributed by atoms with Crippen molar-refractivity contribution in [1.82, 2.24) is 4.90 Å². The maximum absolute atomic E-state index is 10.9. The molecule has 1 aliphatic heterocycles. The highest BCUT2D eigenvalue weighted by atomic mass is 16.5. The van der Waals surface area contributed by atoms with Gasteiger partial charge in [0, 0.05) is 6.54 Å². The summed E-state index contributed by atoms with van der Waals surface area (Å²) in [6, 6.07) is 0. The molecule has 1 aliphatic rings. The molecular formula is C6H11NO3. The first-order valence-corrected chi connectivity index (χ1v) is 3.31. The lowest BCUT2D eigenvalue weighted by molar-refractivity contribution is -0.164. The second-order valence-corrected chi connectivity index (χ2v) is 2.18. The van der Waals surface area contributed by atoms with Gasteiger partial charge in [0.05, 0.1) is 6.61 Å². The summed E-state index contributed by atoms with van der Waals surface area (Å²) in [5.74, 6) is -0.138. The number of aliphatic hydroxyl groups excluding tert-OH is 1. The van der Waals surface area contributed by atoms with E-state index in [1.165, 1.54) is 4.90 Å². The van der Waals surface area contributed by atoms with Gasteiger partial charge < -0.3 is 14.7 Å². The normalized spacial score (nSPS) is 27.2. The van der Waals surface area contributed by atoms with Crippen LogP contribution in [0.2, 0.25) is 0 Å². The number of hydrogen-bond donors (Lipinski definition) is 1. The highest BCUT2D eigenvalue weighted by Gasteiger charge is 2.24. The van der Waals surface area contributed by atoms with Crippen LogP contribution in [0.5, 0.6) is 0 Å². The standard InChI is InChI=1S/C6H11NO3/c1-2-7-5(8)3-10-4-6(7)9/h5,8H,2-4H2,1H3. The number of carbonyl (C=O) groups excluding carboxylic acids is 1. The van der Waals surface area contributed by atoms with Crippen molar-refractivity contribution in [3.8, 4) is 0 Å². The maximum atomic E-state index is 10.9. The van der Waals surface area contributed by atoms with Crippen LogP contribution in [0.4, 0.5) is 0 Å². The van der Waals surface area contributed by atoms with Crippen LogP contribution in [-0.2, 0) is 9.53 Å². The summed E-state index contributed by atoms with van der Waals surface area (Å²) in [6.45, 7) is 2.71. The first kappa shape index (κ1) is 7.50. The lowest BCUT2D eigenvalue weighted by Crippen LogP contribution is -2.48. The molecule has 1 amide bonds. The van der Waals surface area contributed by atoms with Gasteiger partial charge in [-0.2, -0.15) is 0 Å². The van der Waals surface area contributed by atoms with E-state index in [4.69, 9.17) is 9.84 Å². The van der Waals surface area contributed by atoms with E-state index in [1.54, 1.807) is 0 Å². The third-order valence-electron chi connectivity index (χ3n) is 1.51. The number of hydrogen-bond acceptors (Lipinski definition) is 3. The summed E-state index contributed by atoms with van der Waals surface area (Å²) in [7, 11) is 0. The van der Waals surface area contributed by atoms with Crippen LogP contribution in [0.3, 0.4) is 0 Å². The van der Waals surface area contributed by atoms with Crippen molar-refractivity contribution in [2.75, 3.05) is 19.8 Å². The van der Waals surface area contributed by atoms with Gasteiger partial charge in [-0.1, -0.05) is 0 Å². The Morgan fingerprint density at radius 1 is 1.90 bits per heavy atom. The Labute approximate surface area is 59.4 Å². The Hall–Kier alpha value is -0.610. The van der Waals surface area contributed by atoms with Gasteiger partial charge in [0.25, 0.3) is 5.91 Å². The van der Waals surface area contributed by atoms with Crippen molar-refractivity contribution >= 4 is 5.91 Å². The summed E-state index contributed by atoms with van der Waals surface area (Å²) >= 11 is 0. The van der Waals surface area contributed by atoms with Crippen molar-refractivity contribution < 1.29 is 14.6 Å². The molecule has 4 nitrogen and oxygen atoms in total. The largest absolute Gasteiger partial charge is 0.371 e. The monoisotopic (exact) mass is 145 g/mol. The molecule has 0 bridgehead atoms. The molecule has 1 fully saturated rings. The fraction of sp³-hybridized carbons (Fsp3) is 0.833. The Morgan fingerprint density at radius 2 is 2.60 bits per heavy atom. The molecule has 1 unspecified atom stereocenters. The van der Waals surface area contributed by atoms with Gasteiger partial charge >= 0.3 is 0 Å². The minimum atomic E-state index is -0.744. The zero-order chi connectivity index (χ0) is 7.56. The Bertz CT molecular complexity index is 137. The van der Waals surface area contributed by atoms with Crippen LogP contribution < -0.4 is 0 Å². The molecule has 10 heavy (non-hydrogen) atoms. The van der Waals surface area contributed by atoms with Gasteiger partial charge in [-0.3, -0.25) is 4.79 Å². The molecular weight excluding hydrogens is 134 g/mol. The molecule has 1 saturated heterocycles. The first-order chi connectivity index (χ1) is 4.75. The summed E-state index contributed by atoms with van der Waals surface area (Å²) in [5.41, 5.74) is 0. The molecule has 0 aliphatic carbocycles. The van der Waals surface area contributed by atoms with E-state index in [0.717, 1.165) is 0 Å². The average Bonchev–Trinajstić information content (AvgIpc) is 1.88. The van der Waals surface area contributed by atoms with Crippen molar-refractivity contribution in [2.24, 2.45) is 0 Å². The zero-order valence-electron chi connectivity index (χ0n) is 5.91. The number of nitrogens with zero attached hydrogens (tertiary/aromatic N) is 1. The van der Waals surface area contributed by atoms with Crippen LogP contribution in [0.25, 0.3) is 0 Å². The number of amides is 1. The SMILES string of the molecule is CCN1C(=O)COCC1O. The van der Waals surface area contributed by atoms with E-state index in [2.05, 4.69) is 0 Å². The number of likely N-dealkylation sites (N-methyl/N-ethyl adjacent to an activating group) is 1. The summed E-state index contributed by atoms with van der Waals surface area (Å²) in [6.07, 6.45) is -0.744. The van der Waals surface area contributed by atoms with E-state index in [9.17, 15) is 4.79 Å². The van der Waals surface area contributed by atoms with Crippen LogP contribution in [0.1, 0.15) is 6.92 Å². The lowest BCUT2D eigenvalue weighted by Gasteiger charge is -2.30. The van der Waals surface area contributed by atoms with E-state index < -0.39 is 6.23 Å². The van der Waals surface area contributed by atoms with Crippen LogP contribution in [0, 0.1) is 0 Å². The molecule has 58 valence electrons. The summed E-state index contributed by atoms with van der Waals surface area (Å²) < 4.78 is 4.78. The van der Waals surface area contributed by atoms with Crippen molar-refractivity contribution in [1.29, 1.82) is 0 Å². The van der Waals surface area contributed by atoms with E-state index >= 15 is 0 Å². The van der Waals surface area contributed by atoms with Gasteiger partial charge in [-0.15, -0.1) is 0 Å². The molecule has 0 aromatic carbocycles. The highest BCUT2D eigenvalue weighted by Crippen LogP contribution is 2.03. The lowest BCUT2D eigenvalue weighted by atomic mass is 10.4. The van der Waals surface area contributed by atoms with E-state index in [0.29, 0.717) is 6.54 Å². The van der Waals surface area contributed by atoms with Gasteiger partial charge in [-0.05, 0) is 6.92 Å². The Morgan fingerprint density at radius 3 is 3.00 bits per heavy atom. The van der Waals surface area contributed by atoms with Gasteiger partial charge in [-0.25, -0.2) is 0 Å². The topological polar surface area (TPSA) is 49.8 Å². The van der Waals surface area contributed by atoms with Crippen molar-refractivity contribution in [3.63, 3.8) is 0 Å². The quantitative estimate of drug-likeness (QED) is 0.524. The molecule has 1 N–H and O–H groups in total. The zero-order valence-corrected chi connectivity index (χ0v) is 5.91. The molecule has 0 radical (unpaired) electrons. The number of carbonyl (C=O) groups is 1. The molecule has 1 rings (SSSR count). The molecule has 0 aromatic rings.